The molecule has 1 aliphatic rings. The lowest BCUT2D eigenvalue weighted by atomic mass is 9.85. The number of benzene rings is 2. The number of carbonyl (C=O) groups excluding carboxylic acids is 2. The highest BCUT2D eigenvalue weighted by molar-refractivity contribution is 5.98. The lowest BCUT2D eigenvalue weighted by molar-refractivity contribution is -0.0535. The Morgan fingerprint density at radius 3 is 2.59 bits per heavy atom. The van der Waals surface area contributed by atoms with E-state index in [1.54, 1.807) is 6.33 Å². The summed E-state index contributed by atoms with van der Waals surface area (Å²) >= 11 is 0. The number of alkyl halides is 2. The van der Waals surface area contributed by atoms with E-state index in [9.17, 15) is 18.4 Å². The SMILES string of the molecule is Cc1c(OC(F)F)nn(C)c1C(=O)N[C@@H]1CCN(C(=O)c2cc(C)c3ncn(C)c3c2)C[C@@H]1c1ccccc1. The first kappa shape index (κ1) is 26.3. The number of fused-ring (bicyclic) bond motifs is 1. The van der Waals surface area contributed by atoms with Gasteiger partial charge < -0.3 is 19.5 Å². The van der Waals surface area contributed by atoms with Crippen LogP contribution in [0.5, 0.6) is 5.88 Å². The van der Waals surface area contributed by atoms with Gasteiger partial charge in [-0.15, -0.1) is 5.10 Å². The number of nitrogens with one attached hydrogen (secondary N) is 1. The minimum absolute atomic E-state index is 0.0804. The quantitative estimate of drug-likeness (QED) is 0.403. The molecule has 2 aromatic carbocycles. The molecule has 9 nitrogen and oxygen atoms in total. The van der Waals surface area contributed by atoms with Crippen LogP contribution >= 0.6 is 0 Å². The molecule has 0 bridgehead atoms. The zero-order valence-corrected chi connectivity index (χ0v) is 22.2. The topological polar surface area (TPSA) is 94.3 Å². The van der Waals surface area contributed by atoms with Crippen LogP contribution in [0.15, 0.2) is 48.8 Å². The maximum atomic E-state index is 13.7. The molecule has 2 atom stereocenters. The number of halogens is 2. The molecular weight excluding hydrogens is 506 g/mol. The van der Waals surface area contributed by atoms with Crippen LogP contribution in [0.1, 0.15) is 49.9 Å². The number of rotatable bonds is 6. The van der Waals surface area contributed by atoms with Crippen molar-refractivity contribution in [3.8, 4) is 5.88 Å². The van der Waals surface area contributed by atoms with Gasteiger partial charge in [0.2, 0.25) is 5.88 Å². The average Bonchev–Trinajstić information content (AvgIpc) is 3.42. The maximum absolute atomic E-state index is 13.7. The van der Waals surface area contributed by atoms with Crippen molar-refractivity contribution in [2.45, 2.75) is 38.8 Å². The number of aromatic nitrogens is 4. The number of piperidine rings is 1. The molecule has 0 radical (unpaired) electrons. The van der Waals surface area contributed by atoms with E-state index in [0.717, 1.165) is 22.2 Å². The first-order chi connectivity index (χ1) is 18.6. The second-order valence-electron chi connectivity index (χ2n) is 9.93. The molecule has 3 heterocycles. The van der Waals surface area contributed by atoms with Crippen molar-refractivity contribution < 1.29 is 23.1 Å². The molecule has 0 aliphatic carbocycles. The van der Waals surface area contributed by atoms with Crippen molar-refractivity contribution in [3.05, 3.63) is 76.7 Å². The lowest BCUT2D eigenvalue weighted by Crippen LogP contribution is -2.51. The Morgan fingerprint density at radius 2 is 1.87 bits per heavy atom. The highest BCUT2D eigenvalue weighted by atomic mass is 19.3. The van der Waals surface area contributed by atoms with E-state index >= 15 is 0 Å². The van der Waals surface area contributed by atoms with E-state index < -0.39 is 12.5 Å². The van der Waals surface area contributed by atoms with Gasteiger partial charge in [0.1, 0.15) is 5.69 Å². The number of nitrogens with zero attached hydrogens (tertiary/aromatic N) is 5. The summed E-state index contributed by atoms with van der Waals surface area (Å²) in [5.41, 5.74) is 4.65. The summed E-state index contributed by atoms with van der Waals surface area (Å²) in [6.45, 7) is 1.27. The van der Waals surface area contributed by atoms with Gasteiger partial charge in [0.25, 0.3) is 11.8 Å². The molecule has 4 aromatic rings. The van der Waals surface area contributed by atoms with E-state index in [1.807, 2.05) is 65.9 Å². The minimum Gasteiger partial charge on any atom is -0.415 e. The van der Waals surface area contributed by atoms with Gasteiger partial charge >= 0.3 is 6.61 Å². The third-order valence-electron chi connectivity index (χ3n) is 7.37. The van der Waals surface area contributed by atoms with Gasteiger partial charge in [-0.2, -0.15) is 8.78 Å². The predicted octanol–water partition coefficient (Wildman–Crippen LogP) is 3.95. The van der Waals surface area contributed by atoms with E-state index in [1.165, 1.54) is 18.7 Å². The van der Waals surface area contributed by atoms with Crippen LogP contribution in [-0.2, 0) is 14.1 Å². The van der Waals surface area contributed by atoms with Crippen LogP contribution in [0, 0.1) is 13.8 Å². The Hall–Kier alpha value is -4.28. The number of carbonyl (C=O) groups is 2. The summed E-state index contributed by atoms with van der Waals surface area (Å²) in [7, 11) is 3.41. The van der Waals surface area contributed by atoms with E-state index in [4.69, 9.17) is 0 Å². The zero-order chi connectivity index (χ0) is 27.8. The summed E-state index contributed by atoms with van der Waals surface area (Å²) in [6, 6.07) is 13.2. The normalized spacial score (nSPS) is 17.6. The molecule has 1 saturated heterocycles. The fourth-order valence-electron chi connectivity index (χ4n) is 5.41. The number of imidazole rings is 1. The minimum atomic E-state index is -3.04. The Bertz CT molecular complexity index is 1530. The predicted molar refractivity (Wildman–Crippen MR) is 141 cm³/mol. The largest absolute Gasteiger partial charge is 0.415 e. The smallest absolute Gasteiger partial charge is 0.388 e. The summed E-state index contributed by atoms with van der Waals surface area (Å²) in [5, 5.41) is 7.01. The Kier molecular flexibility index (Phi) is 7.07. The van der Waals surface area contributed by atoms with Crippen molar-refractivity contribution in [3.63, 3.8) is 0 Å². The van der Waals surface area contributed by atoms with Crippen molar-refractivity contribution in [2.75, 3.05) is 13.1 Å². The van der Waals surface area contributed by atoms with E-state index in [0.29, 0.717) is 25.1 Å². The summed E-state index contributed by atoms with van der Waals surface area (Å²) in [6.07, 6.45) is 2.25. The Morgan fingerprint density at radius 1 is 1.13 bits per heavy atom. The molecule has 204 valence electrons. The molecule has 1 fully saturated rings. The summed E-state index contributed by atoms with van der Waals surface area (Å²) < 4.78 is 33.1. The van der Waals surface area contributed by atoms with Gasteiger partial charge in [0.05, 0.1) is 17.4 Å². The molecule has 11 heteroatoms. The monoisotopic (exact) mass is 536 g/mol. The van der Waals surface area contributed by atoms with Crippen LogP contribution in [0.2, 0.25) is 0 Å². The van der Waals surface area contributed by atoms with Gasteiger partial charge in [-0.3, -0.25) is 14.3 Å². The molecule has 0 saturated carbocycles. The fourth-order valence-corrected chi connectivity index (χ4v) is 5.41. The van der Waals surface area contributed by atoms with Crippen molar-refractivity contribution >= 4 is 22.8 Å². The molecule has 0 unspecified atom stereocenters. The van der Waals surface area contributed by atoms with Crippen LogP contribution in [0.25, 0.3) is 11.0 Å². The molecule has 2 amide bonds. The first-order valence-electron chi connectivity index (χ1n) is 12.7. The molecule has 39 heavy (non-hydrogen) atoms. The Balaban J connectivity index is 1.40. The average molecular weight is 537 g/mol. The number of hydrogen-bond donors (Lipinski definition) is 1. The molecule has 2 aromatic heterocycles. The third-order valence-corrected chi connectivity index (χ3v) is 7.37. The molecule has 5 rings (SSSR count). The van der Waals surface area contributed by atoms with E-state index in [2.05, 4.69) is 20.1 Å². The standard InChI is InChI=1S/C28H30F2N6O3/c1-16-12-19(13-22-23(16)31-15-34(22)3)27(38)36-11-10-21(20(14-36)18-8-6-5-7-9-18)32-25(37)24-17(2)26(33-35(24)4)39-28(29)30/h5-9,12-13,15,20-21,28H,10-11,14H2,1-4H3,(H,32,37)/t20-,21-/m1/s1. The van der Waals surface area contributed by atoms with Gasteiger partial charge in [-0.05, 0) is 43.5 Å². The van der Waals surface area contributed by atoms with Crippen LogP contribution < -0.4 is 10.1 Å². The number of hydrogen-bond acceptors (Lipinski definition) is 5. The van der Waals surface area contributed by atoms with Gasteiger partial charge in [-0.25, -0.2) is 4.98 Å². The number of ether oxygens (including phenoxy) is 1. The number of amides is 2. The number of aryl methyl sites for hydroxylation is 3. The third kappa shape index (κ3) is 5.08. The van der Waals surface area contributed by atoms with E-state index in [-0.39, 0.29) is 35.0 Å². The molecule has 1 N–H and O–H groups in total. The second kappa shape index (κ2) is 10.5. The van der Waals surface area contributed by atoms with Gasteiger partial charge in [0.15, 0.2) is 0 Å². The van der Waals surface area contributed by atoms with Crippen LogP contribution in [0.3, 0.4) is 0 Å². The molecular formula is C28H30F2N6O3. The molecule has 0 spiro atoms. The number of likely N-dealkylation sites (tertiary alicyclic amines) is 1. The Labute approximate surface area is 224 Å². The lowest BCUT2D eigenvalue weighted by Gasteiger charge is -2.39. The van der Waals surface area contributed by atoms with Crippen molar-refractivity contribution in [1.82, 2.24) is 29.5 Å². The maximum Gasteiger partial charge on any atom is 0.388 e. The highest BCUT2D eigenvalue weighted by Gasteiger charge is 2.35. The van der Waals surface area contributed by atoms with Crippen LogP contribution in [-0.4, -0.2) is 61.8 Å². The summed E-state index contributed by atoms with van der Waals surface area (Å²) in [5.74, 6) is -0.976. The zero-order valence-electron chi connectivity index (χ0n) is 22.2. The van der Waals surface area contributed by atoms with Gasteiger partial charge in [-0.1, -0.05) is 30.3 Å². The highest BCUT2D eigenvalue weighted by Crippen LogP contribution is 2.30. The van der Waals surface area contributed by atoms with Gasteiger partial charge in [0, 0.05) is 50.3 Å². The van der Waals surface area contributed by atoms with Crippen LogP contribution in [0.4, 0.5) is 8.78 Å². The molecule has 1 aliphatic heterocycles. The second-order valence-corrected chi connectivity index (χ2v) is 9.93. The summed E-state index contributed by atoms with van der Waals surface area (Å²) in [4.78, 5) is 33.2. The van der Waals surface area contributed by atoms with Crippen molar-refractivity contribution in [1.29, 1.82) is 0 Å². The van der Waals surface area contributed by atoms with Crippen molar-refractivity contribution in [2.24, 2.45) is 14.1 Å². The first-order valence-corrected chi connectivity index (χ1v) is 12.7. The fraction of sp³-hybridized carbons (Fsp3) is 0.357.